The summed E-state index contributed by atoms with van der Waals surface area (Å²) in [5, 5.41) is 4.17. The van der Waals surface area contributed by atoms with Crippen LogP contribution >= 0.6 is 11.3 Å². The molecule has 9 nitrogen and oxygen atoms in total. The average molecular weight is 550 g/mol. The number of benzene rings is 2. The van der Waals surface area contributed by atoms with Crippen LogP contribution in [0.1, 0.15) is 42.7 Å². The summed E-state index contributed by atoms with van der Waals surface area (Å²) in [6.07, 6.45) is 5.30. The van der Waals surface area contributed by atoms with Gasteiger partial charge in [0.05, 0.1) is 17.3 Å². The minimum absolute atomic E-state index is 0.270. The molecule has 5 rings (SSSR count). The van der Waals surface area contributed by atoms with Crippen LogP contribution in [-0.2, 0) is 10.0 Å². The van der Waals surface area contributed by atoms with Gasteiger partial charge in [-0.3, -0.25) is 9.59 Å². The molecule has 0 atom stereocenters. The third-order valence-electron chi connectivity index (χ3n) is 6.73. The number of sulfonamides is 1. The number of aryl methyl sites for hydroxylation is 1. The predicted octanol–water partition coefficient (Wildman–Crippen LogP) is 4.31. The number of primary amides is 1. The van der Waals surface area contributed by atoms with Crippen molar-refractivity contribution in [2.45, 2.75) is 20.3 Å². The zero-order chi connectivity index (χ0) is 27.2. The van der Waals surface area contributed by atoms with E-state index in [2.05, 4.69) is 15.3 Å². The summed E-state index contributed by atoms with van der Waals surface area (Å²) in [6, 6.07) is 11.2. The smallest absolute Gasteiger partial charge is 0.284 e. The lowest BCUT2D eigenvalue weighted by Crippen LogP contribution is -2.33. The second-order valence-corrected chi connectivity index (χ2v) is 12.5. The second-order valence-electron chi connectivity index (χ2n) is 9.31. The molecule has 0 bridgehead atoms. The number of H-pyrrole nitrogens is 1. The number of carbonyl (C=O) groups excluding carboxylic acids is 2. The van der Waals surface area contributed by atoms with E-state index in [1.165, 1.54) is 21.9 Å². The highest BCUT2D eigenvalue weighted by molar-refractivity contribution is 7.88. The molecule has 0 aliphatic carbocycles. The monoisotopic (exact) mass is 549 g/mol. The fourth-order valence-electron chi connectivity index (χ4n) is 4.73. The van der Waals surface area contributed by atoms with E-state index >= 15 is 0 Å². The lowest BCUT2D eigenvalue weighted by atomic mass is 9.94. The van der Waals surface area contributed by atoms with Crippen LogP contribution in [0.5, 0.6) is 0 Å². The first-order valence-electron chi connectivity index (χ1n) is 12.0. The maximum Gasteiger partial charge on any atom is 0.284 e. The number of anilines is 1. The SMILES string of the molecule is Cc1cnc(C(=O)Nc2cccc(-c3ccc(C(N)=O)c4[nH]c(C5=CCN(S(C)(=O)=O)CC5)cc34)c2C)s1. The number of nitrogens with one attached hydrogen (secondary N) is 2. The van der Waals surface area contributed by atoms with E-state index in [4.69, 9.17) is 5.73 Å². The molecule has 0 radical (unpaired) electrons. The molecule has 4 N–H and O–H groups in total. The molecule has 0 saturated heterocycles. The number of fused-ring (bicyclic) bond motifs is 1. The number of aromatic nitrogens is 2. The Morgan fingerprint density at radius 3 is 2.58 bits per heavy atom. The molecular formula is C27H27N5O4S2. The molecule has 1 aliphatic heterocycles. The van der Waals surface area contributed by atoms with Crippen molar-refractivity contribution in [1.29, 1.82) is 0 Å². The third kappa shape index (κ3) is 4.87. The van der Waals surface area contributed by atoms with Gasteiger partial charge in [-0.1, -0.05) is 24.3 Å². The summed E-state index contributed by atoms with van der Waals surface area (Å²) in [5.41, 5.74) is 11.8. The van der Waals surface area contributed by atoms with Crippen molar-refractivity contribution in [3.63, 3.8) is 0 Å². The van der Waals surface area contributed by atoms with E-state index in [9.17, 15) is 18.0 Å². The average Bonchev–Trinajstić information content (AvgIpc) is 3.51. The normalized spacial score (nSPS) is 14.4. The van der Waals surface area contributed by atoms with Crippen LogP contribution in [0.3, 0.4) is 0 Å². The van der Waals surface area contributed by atoms with Crippen LogP contribution in [0, 0.1) is 13.8 Å². The summed E-state index contributed by atoms with van der Waals surface area (Å²) in [5.74, 6) is -0.818. The van der Waals surface area contributed by atoms with Crippen molar-refractivity contribution in [2.24, 2.45) is 5.73 Å². The number of nitrogens with zero attached hydrogens (tertiary/aromatic N) is 2. The molecular weight excluding hydrogens is 522 g/mol. The van der Waals surface area contributed by atoms with Crippen LogP contribution in [0.2, 0.25) is 0 Å². The van der Waals surface area contributed by atoms with Crippen LogP contribution in [-0.4, -0.2) is 53.9 Å². The van der Waals surface area contributed by atoms with Crippen LogP contribution < -0.4 is 11.1 Å². The van der Waals surface area contributed by atoms with Gasteiger partial charge < -0.3 is 16.0 Å². The van der Waals surface area contributed by atoms with Crippen molar-refractivity contribution < 1.29 is 18.0 Å². The van der Waals surface area contributed by atoms with E-state index in [1.807, 2.05) is 50.3 Å². The highest BCUT2D eigenvalue weighted by atomic mass is 32.2. The van der Waals surface area contributed by atoms with Gasteiger partial charge in [-0.2, -0.15) is 4.31 Å². The number of carbonyl (C=O) groups is 2. The first-order chi connectivity index (χ1) is 18.0. The van der Waals surface area contributed by atoms with Gasteiger partial charge in [-0.05, 0) is 60.7 Å². The molecule has 0 spiro atoms. The van der Waals surface area contributed by atoms with E-state index in [0.717, 1.165) is 38.2 Å². The number of rotatable bonds is 6. The van der Waals surface area contributed by atoms with Crippen molar-refractivity contribution in [2.75, 3.05) is 24.7 Å². The minimum atomic E-state index is -3.27. The maximum absolute atomic E-state index is 12.8. The van der Waals surface area contributed by atoms with Crippen molar-refractivity contribution in [1.82, 2.24) is 14.3 Å². The fraction of sp³-hybridized carbons (Fsp3) is 0.222. The van der Waals surface area contributed by atoms with Crippen LogP contribution in [0.15, 0.2) is 48.7 Å². The fourth-order valence-corrected chi connectivity index (χ4v) is 6.15. The molecule has 2 aromatic heterocycles. The Balaban J connectivity index is 1.56. The molecule has 38 heavy (non-hydrogen) atoms. The first kappa shape index (κ1) is 25.8. The lowest BCUT2D eigenvalue weighted by molar-refractivity contribution is 0.0998. The molecule has 0 saturated carbocycles. The van der Waals surface area contributed by atoms with Crippen molar-refractivity contribution in [3.05, 3.63) is 75.4 Å². The van der Waals surface area contributed by atoms with Crippen LogP contribution in [0.25, 0.3) is 27.6 Å². The molecule has 196 valence electrons. The van der Waals surface area contributed by atoms with E-state index in [0.29, 0.717) is 41.3 Å². The molecule has 2 aromatic carbocycles. The summed E-state index contributed by atoms with van der Waals surface area (Å²) in [6.45, 7) is 4.51. The Bertz CT molecular complexity index is 1730. The molecule has 11 heteroatoms. The van der Waals surface area contributed by atoms with Crippen molar-refractivity contribution in [3.8, 4) is 11.1 Å². The standard InChI is InChI=1S/C27H27N5O4S2/c1-15-14-29-27(37-15)26(34)31-22-6-4-5-18(16(22)2)19-7-8-20(25(28)33)24-21(19)13-23(30-24)17-9-11-32(12-10-17)38(3,35)36/h4-9,13-14,30H,10-12H2,1-3H3,(H2,28,33)(H,31,34). The van der Waals surface area contributed by atoms with Gasteiger partial charge in [0, 0.05) is 40.9 Å². The Morgan fingerprint density at radius 2 is 1.95 bits per heavy atom. The number of aromatic amines is 1. The van der Waals surface area contributed by atoms with Crippen LogP contribution in [0.4, 0.5) is 5.69 Å². The number of nitrogens with two attached hydrogens (primary N) is 1. The Labute approximate surface area is 224 Å². The second kappa shape index (κ2) is 9.82. The molecule has 3 heterocycles. The maximum atomic E-state index is 12.8. The zero-order valence-electron chi connectivity index (χ0n) is 21.2. The molecule has 1 aliphatic rings. The minimum Gasteiger partial charge on any atom is -0.366 e. The topological polar surface area (TPSA) is 138 Å². The van der Waals surface area contributed by atoms with E-state index in [-0.39, 0.29) is 5.91 Å². The largest absolute Gasteiger partial charge is 0.366 e. The number of hydrogen-bond acceptors (Lipinski definition) is 6. The van der Waals surface area contributed by atoms with Gasteiger partial charge in [0.25, 0.3) is 11.8 Å². The summed E-state index contributed by atoms with van der Waals surface area (Å²) in [4.78, 5) is 33.5. The lowest BCUT2D eigenvalue weighted by Gasteiger charge is -2.23. The summed E-state index contributed by atoms with van der Waals surface area (Å²) in [7, 11) is -3.27. The van der Waals surface area contributed by atoms with E-state index < -0.39 is 15.9 Å². The zero-order valence-corrected chi connectivity index (χ0v) is 22.8. The number of hydrogen-bond donors (Lipinski definition) is 3. The quantitative estimate of drug-likeness (QED) is 0.329. The molecule has 4 aromatic rings. The molecule has 2 amide bonds. The predicted molar refractivity (Wildman–Crippen MR) is 151 cm³/mol. The number of thiazole rings is 1. The Morgan fingerprint density at radius 1 is 1.16 bits per heavy atom. The van der Waals surface area contributed by atoms with Gasteiger partial charge in [0.2, 0.25) is 10.0 Å². The summed E-state index contributed by atoms with van der Waals surface area (Å²) >= 11 is 1.33. The van der Waals surface area contributed by atoms with Gasteiger partial charge in [-0.25, -0.2) is 13.4 Å². The molecule has 0 unspecified atom stereocenters. The van der Waals surface area contributed by atoms with Gasteiger partial charge >= 0.3 is 0 Å². The Hall–Kier alpha value is -3.80. The first-order valence-corrected chi connectivity index (χ1v) is 14.6. The van der Waals surface area contributed by atoms with Gasteiger partial charge in [0.15, 0.2) is 5.01 Å². The van der Waals surface area contributed by atoms with E-state index in [1.54, 1.807) is 12.3 Å². The highest BCUT2D eigenvalue weighted by Crippen LogP contribution is 2.37. The highest BCUT2D eigenvalue weighted by Gasteiger charge is 2.23. The number of amides is 2. The van der Waals surface area contributed by atoms with Crippen molar-refractivity contribution >= 4 is 55.3 Å². The Kier molecular flexibility index (Phi) is 6.68. The summed E-state index contributed by atoms with van der Waals surface area (Å²) < 4.78 is 25.2. The third-order valence-corrected chi connectivity index (χ3v) is 8.92. The van der Waals surface area contributed by atoms with Gasteiger partial charge in [0.1, 0.15) is 0 Å². The van der Waals surface area contributed by atoms with Gasteiger partial charge in [-0.15, -0.1) is 11.3 Å². The molecule has 0 fully saturated rings.